The maximum Gasteiger partial charge on any atom is 0.0353 e. The molecule has 1 aromatic heterocycles. The zero-order valence-electron chi connectivity index (χ0n) is 7.20. The number of fused-ring (bicyclic) bond motifs is 1. The van der Waals surface area contributed by atoms with E-state index in [1.165, 1.54) is 5.39 Å². The van der Waals surface area contributed by atoms with E-state index in [1.54, 1.807) is 0 Å². The third-order valence-electron chi connectivity index (χ3n) is 1.96. The third kappa shape index (κ3) is 1.37. The number of pyridine rings is 1. The highest BCUT2D eigenvalue weighted by Crippen LogP contribution is 2.17. The first-order valence-corrected chi connectivity index (χ1v) is 4.10. The molecule has 0 amide bonds. The van der Waals surface area contributed by atoms with Gasteiger partial charge in [-0.2, -0.15) is 0 Å². The van der Waals surface area contributed by atoms with Crippen LogP contribution < -0.4 is 0 Å². The predicted octanol–water partition coefficient (Wildman–Crippen LogP) is 3.03. The molecule has 0 aliphatic carbocycles. The lowest BCUT2D eigenvalue weighted by molar-refractivity contribution is 1.35. The molecule has 0 saturated carbocycles. The van der Waals surface area contributed by atoms with Crippen LogP contribution in [0.5, 0.6) is 0 Å². The van der Waals surface area contributed by atoms with Gasteiger partial charge in [-0.25, -0.2) is 0 Å². The largest absolute Gasteiger partial charge is 0.263 e. The molecule has 0 spiro atoms. The van der Waals surface area contributed by atoms with Crippen molar-refractivity contribution in [2.24, 2.45) is 0 Å². The van der Waals surface area contributed by atoms with Gasteiger partial charge in [-0.05, 0) is 11.5 Å². The van der Waals surface area contributed by atoms with Crippen LogP contribution in [0.3, 0.4) is 0 Å². The van der Waals surface area contributed by atoms with Crippen LogP contribution in [-0.2, 0) is 0 Å². The SMILES string of the molecule is C=C=Cc1cncc2ccccc12. The smallest absolute Gasteiger partial charge is 0.0353 e. The quantitative estimate of drug-likeness (QED) is 0.595. The van der Waals surface area contributed by atoms with E-state index in [2.05, 4.69) is 23.4 Å². The van der Waals surface area contributed by atoms with Gasteiger partial charge >= 0.3 is 0 Å². The summed E-state index contributed by atoms with van der Waals surface area (Å²) in [5.41, 5.74) is 3.82. The summed E-state index contributed by atoms with van der Waals surface area (Å²) < 4.78 is 0. The topological polar surface area (TPSA) is 12.9 Å². The van der Waals surface area contributed by atoms with Crippen LogP contribution in [0.15, 0.2) is 49.0 Å². The molecule has 62 valence electrons. The zero-order valence-corrected chi connectivity index (χ0v) is 7.20. The summed E-state index contributed by atoms with van der Waals surface area (Å²) in [5.74, 6) is 0. The van der Waals surface area contributed by atoms with Crippen molar-refractivity contribution in [2.45, 2.75) is 0 Å². The van der Waals surface area contributed by atoms with Crippen LogP contribution >= 0.6 is 0 Å². The fourth-order valence-electron chi connectivity index (χ4n) is 1.36. The molecule has 1 heterocycles. The molecule has 2 rings (SSSR count). The minimum absolute atomic E-state index is 1.06. The highest BCUT2D eigenvalue weighted by molar-refractivity contribution is 5.89. The third-order valence-corrected chi connectivity index (χ3v) is 1.96. The summed E-state index contributed by atoms with van der Waals surface area (Å²) >= 11 is 0. The Labute approximate surface area is 77.0 Å². The van der Waals surface area contributed by atoms with E-state index in [1.807, 2.05) is 36.7 Å². The van der Waals surface area contributed by atoms with Crippen molar-refractivity contribution in [3.8, 4) is 0 Å². The maximum atomic E-state index is 4.13. The van der Waals surface area contributed by atoms with Crippen molar-refractivity contribution < 1.29 is 0 Å². The molecule has 13 heavy (non-hydrogen) atoms. The lowest BCUT2D eigenvalue weighted by Gasteiger charge is -1.98. The van der Waals surface area contributed by atoms with Gasteiger partial charge in [0.2, 0.25) is 0 Å². The average Bonchev–Trinajstić information content (AvgIpc) is 2.19. The van der Waals surface area contributed by atoms with Crippen LogP contribution in [0.25, 0.3) is 16.8 Å². The second-order valence-electron chi connectivity index (χ2n) is 2.80. The number of benzene rings is 1. The van der Waals surface area contributed by atoms with Crippen LogP contribution in [0, 0.1) is 0 Å². The molecule has 0 unspecified atom stereocenters. The Morgan fingerprint density at radius 1 is 1.23 bits per heavy atom. The zero-order chi connectivity index (χ0) is 9.10. The molecular weight excluding hydrogens is 158 g/mol. The van der Waals surface area contributed by atoms with E-state index in [4.69, 9.17) is 0 Å². The molecule has 0 fully saturated rings. The number of rotatable bonds is 1. The Hall–Kier alpha value is -1.85. The number of aromatic nitrogens is 1. The van der Waals surface area contributed by atoms with Gasteiger partial charge in [0.05, 0.1) is 0 Å². The average molecular weight is 167 g/mol. The summed E-state index contributed by atoms with van der Waals surface area (Å²) in [7, 11) is 0. The van der Waals surface area contributed by atoms with Crippen molar-refractivity contribution >= 4 is 16.8 Å². The number of nitrogens with zero attached hydrogens (tertiary/aromatic N) is 1. The molecular formula is C12H9N. The Balaban J connectivity index is 2.82. The van der Waals surface area contributed by atoms with Gasteiger partial charge < -0.3 is 0 Å². The van der Waals surface area contributed by atoms with Crippen molar-refractivity contribution in [1.29, 1.82) is 0 Å². The lowest BCUT2D eigenvalue weighted by atomic mass is 10.1. The molecule has 1 heteroatoms. The van der Waals surface area contributed by atoms with E-state index in [0.717, 1.165) is 10.9 Å². The maximum absolute atomic E-state index is 4.13. The van der Waals surface area contributed by atoms with Crippen molar-refractivity contribution in [2.75, 3.05) is 0 Å². The first kappa shape index (κ1) is 7.78. The molecule has 1 aromatic carbocycles. The second-order valence-corrected chi connectivity index (χ2v) is 2.80. The number of hydrogen-bond donors (Lipinski definition) is 0. The van der Waals surface area contributed by atoms with E-state index in [-0.39, 0.29) is 0 Å². The molecule has 0 radical (unpaired) electrons. The second kappa shape index (κ2) is 3.26. The van der Waals surface area contributed by atoms with Crippen LogP contribution in [0.1, 0.15) is 5.56 Å². The fraction of sp³-hybridized carbons (Fsp3) is 0. The Morgan fingerprint density at radius 2 is 2.08 bits per heavy atom. The molecule has 2 aromatic rings. The summed E-state index contributed by atoms with van der Waals surface area (Å²) in [6.07, 6.45) is 5.52. The van der Waals surface area contributed by atoms with Crippen LogP contribution in [0.2, 0.25) is 0 Å². The van der Waals surface area contributed by atoms with Gasteiger partial charge in [0.1, 0.15) is 0 Å². The van der Waals surface area contributed by atoms with Crippen molar-refractivity contribution in [3.63, 3.8) is 0 Å². The minimum atomic E-state index is 1.06. The molecule has 0 N–H and O–H groups in total. The van der Waals surface area contributed by atoms with Gasteiger partial charge in [-0.15, -0.1) is 5.73 Å². The van der Waals surface area contributed by atoms with Crippen LogP contribution in [-0.4, -0.2) is 4.98 Å². The highest BCUT2D eigenvalue weighted by atomic mass is 14.6. The van der Waals surface area contributed by atoms with Crippen LogP contribution in [0.4, 0.5) is 0 Å². The Bertz CT molecular complexity index is 474. The first-order chi connectivity index (χ1) is 6.42. The lowest BCUT2D eigenvalue weighted by Crippen LogP contribution is -1.79. The van der Waals surface area contributed by atoms with Gasteiger partial charge in [-0.1, -0.05) is 30.8 Å². The summed E-state index contributed by atoms with van der Waals surface area (Å²) in [6.45, 7) is 3.55. The Kier molecular flexibility index (Phi) is 1.95. The molecule has 0 atom stereocenters. The summed E-state index contributed by atoms with van der Waals surface area (Å²) in [5, 5.41) is 2.33. The molecule has 1 nitrogen and oxygen atoms in total. The van der Waals surface area contributed by atoms with Crippen molar-refractivity contribution in [1.82, 2.24) is 4.98 Å². The fourth-order valence-corrected chi connectivity index (χ4v) is 1.36. The van der Waals surface area contributed by atoms with Crippen molar-refractivity contribution in [3.05, 3.63) is 54.5 Å². The monoisotopic (exact) mass is 167 g/mol. The normalized spacial score (nSPS) is 9.54. The van der Waals surface area contributed by atoms with Gasteiger partial charge in [0.25, 0.3) is 0 Å². The number of hydrogen-bond acceptors (Lipinski definition) is 1. The highest BCUT2D eigenvalue weighted by Gasteiger charge is 1.95. The van der Waals surface area contributed by atoms with Gasteiger partial charge in [0, 0.05) is 23.3 Å². The van der Waals surface area contributed by atoms with E-state index in [9.17, 15) is 0 Å². The standard InChI is InChI=1S/C12H9N/c1-2-5-10-8-13-9-11-6-3-4-7-12(10)11/h3-9H,1H2. The predicted molar refractivity (Wildman–Crippen MR) is 55.3 cm³/mol. The summed E-state index contributed by atoms with van der Waals surface area (Å²) in [6, 6.07) is 8.14. The molecule has 0 aliphatic rings. The van der Waals surface area contributed by atoms with E-state index in [0.29, 0.717) is 0 Å². The first-order valence-electron chi connectivity index (χ1n) is 4.10. The molecule has 0 saturated heterocycles. The molecule has 0 bridgehead atoms. The molecule has 0 aliphatic heterocycles. The summed E-state index contributed by atoms with van der Waals surface area (Å²) in [4.78, 5) is 4.13. The minimum Gasteiger partial charge on any atom is -0.263 e. The van der Waals surface area contributed by atoms with E-state index >= 15 is 0 Å². The van der Waals surface area contributed by atoms with Gasteiger partial charge in [-0.3, -0.25) is 4.98 Å². The van der Waals surface area contributed by atoms with Gasteiger partial charge in [0.15, 0.2) is 0 Å². The Morgan fingerprint density at radius 3 is 2.92 bits per heavy atom. The van der Waals surface area contributed by atoms with E-state index < -0.39 is 0 Å².